The Morgan fingerprint density at radius 3 is 2.53 bits per heavy atom. The van der Waals surface area contributed by atoms with Crippen LogP contribution >= 0.6 is 0 Å². The van der Waals surface area contributed by atoms with Gasteiger partial charge in [-0.2, -0.15) is 0 Å². The predicted octanol–water partition coefficient (Wildman–Crippen LogP) is 6.04. The summed E-state index contributed by atoms with van der Waals surface area (Å²) in [6, 6.07) is 23.7. The molecule has 4 heteroatoms. The fourth-order valence-electron chi connectivity index (χ4n) is 3.61. The van der Waals surface area contributed by atoms with Gasteiger partial charge in [0.2, 0.25) is 5.91 Å². The van der Waals surface area contributed by atoms with E-state index < -0.39 is 0 Å². The van der Waals surface area contributed by atoms with Crippen molar-refractivity contribution in [1.82, 2.24) is 4.57 Å². The number of hydrogen-bond donors (Lipinski definition) is 1. The summed E-state index contributed by atoms with van der Waals surface area (Å²) in [7, 11) is 0. The van der Waals surface area contributed by atoms with E-state index in [1.165, 1.54) is 0 Å². The lowest BCUT2D eigenvalue weighted by atomic mass is 10.1. The highest BCUT2D eigenvalue weighted by Gasteiger charge is 2.18. The zero-order chi connectivity index (χ0) is 21.1. The molecule has 0 fully saturated rings. The molecule has 1 N–H and O–H groups in total. The van der Waals surface area contributed by atoms with Crippen LogP contribution in [0.1, 0.15) is 29.7 Å². The van der Waals surface area contributed by atoms with Gasteiger partial charge in [0.05, 0.1) is 5.52 Å². The summed E-state index contributed by atoms with van der Waals surface area (Å²) >= 11 is 0. The number of anilines is 1. The number of carbonyl (C=O) groups excluding carboxylic acids is 1. The number of carbonyl (C=O) groups is 1. The second-order valence-corrected chi connectivity index (χ2v) is 7.60. The molecule has 0 radical (unpaired) electrons. The Morgan fingerprint density at radius 1 is 0.967 bits per heavy atom. The molecular weight excluding hydrogens is 372 g/mol. The average Bonchev–Trinajstić information content (AvgIpc) is 3.20. The summed E-state index contributed by atoms with van der Waals surface area (Å²) < 4.78 is 8.06. The zero-order valence-electron chi connectivity index (χ0n) is 17.6. The monoisotopic (exact) mass is 398 g/mol. The number of ether oxygens (including phenoxy) is 1. The first-order valence-electron chi connectivity index (χ1n) is 10.2. The molecule has 30 heavy (non-hydrogen) atoms. The molecule has 1 atom stereocenters. The van der Waals surface area contributed by atoms with Crippen molar-refractivity contribution in [3.63, 3.8) is 0 Å². The van der Waals surface area contributed by atoms with Crippen LogP contribution in [0, 0.1) is 13.8 Å². The van der Waals surface area contributed by atoms with E-state index in [0.29, 0.717) is 6.61 Å². The van der Waals surface area contributed by atoms with Crippen LogP contribution in [0.2, 0.25) is 0 Å². The molecule has 1 aromatic heterocycles. The minimum Gasteiger partial charge on any atom is -0.488 e. The number of nitrogens with one attached hydrogen (secondary N) is 1. The van der Waals surface area contributed by atoms with Crippen molar-refractivity contribution >= 4 is 22.5 Å². The maximum absolute atomic E-state index is 13.0. The quantitative estimate of drug-likeness (QED) is 0.430. The highest BCUT2D eigenvalue weighted by molar-refractivity contribution is 5.96. The molecule has 3 aromatic carbocycles. The van der Waals surface area contributed by atoms with E-state index in [2.05, 4.69) is 5.32 Å². The van der Waals surface area contributed by atoms with Crippen LogP contribution in [0.4, 0.5) is 5.69 Å². The topological polar surface area (TPSA) is 43.3 Å². The Morgan fingerprint density at radius 2 is 1.73 bits per heavy atom. The van der Waals surface area contributed by atoms with Crippen LogP contribution < -0.4 is 10.1 Å². The van der Waals surface area contributed by atoms with Crippen LogP contribution in [0.15, 0.2) is 79.0 Å². The van der Waals surface area contributed by atoms with Gasteiger partial charge in [-0.3, -0.25) is 4.79 Å². The van der Waals surface area contributed by atoms with Gasteiger partial charge in [0, 0.05) is 17.3 Å². The van der Waals surface area contributed by atoms with Crippen LogP contribution in [0.3, 0.4) is 0 Å². The summed E-state index contributed by atoms with van der Waals surface area (Å²) in [4.78, 5) is 13.0. The Labute approximate surface area is 177 Å². The van der Waals surface area contributed by atoms with Crippen molar-refractivity contribution in [3.8, 4) is 5.75 Å². The second-order valence-electron chi connectivity index (χ2n) is 7.60. The minimum absolute atomic E-state index is 0.0446. The standard InChI is InChI=1S/C26H26N2O2/c1-18-9-7-12-23(19(18)2)27-26(29)20(3)28-16-15-22-24(28)13-8-14-25(22)30-17-21-10-5-4-6-11-21/h4-16,20H,17H2,1-3H3,(H,27,29). The van der Waals surface area contributed by atoms with Crippen molar-refractivity contribution < 1.29 is 9.53 Å². The first kappa shape index (κ1) is 19.8. The fraction of sp³-hybridized carbons (Fsp3) is 0.192. The van der Waals surface area contributed by atoms with Gasteiger partial charge in [0.1, 0.15) is 18.4 Å². The van der Waals surface area contributed by atoms with Gasteiger partial charge in [-0.25, -0.2) is 0 Å². The molecule has 4 rings (SSSR count). The minimum atomic E-state index is -0.355. The number of fused-ring (bicyclic) bond motifs is 1. The van der Waals surface area contributed by atoms with Crippen LogP contribution in [-0.2, 0) is 11.4 Å². The van der Waals surface area contributed by atoms with Gasteiger partial charge >= 0.3 is 0 Å². The Hall–Kier alpha value is -3.53. The average molecular weight is 399 g/mol. The summed E-state index contributed by atoms with van der Waals surface area (Å²) in [5.41, 5.74) is 5.20. The van der Waals surface area contributed by atoms with Gasteiger partial charge in [0.25, 0.3) is 0 Å². The number of hydrogen-bond acceptors (Lipinski definition) is 2. The third kappa shape index (κ3) is 3.94. The highest BCUT2D eigenvalue weighted by Crippen LogP contribution is 2.30. The van der Waals surface area contributed by atoms with E-state index in [1.807, 2.05) is 104 Å². The van der Waals surface area contributed by atoms with Crippen molar-refractivity contribution in [2.75, 3.05) is 5.32 Å². The molecule has 1 amide bonds. The first-order chi connectivity index (χ1) is 14.5. The van der Waals surface area contributed by atoms with Crippen molar-refractivity contribution in [2.45, 2.75) is 33.4 Å². The van der Waals surface area contributed by atoms with E-state index >= 15 is 0 Å². The zero-order valence-corrected chi connectivity index (χ0v) is 17.6. The molecular formula is C26H26N2O2. The van der Waals surface area contributed by atoms with E-state index in [1.54, 1.807) is 0 Å². The van der Waals surface area contributed by atoms with Crippen LogP contribution in [-0.4, -0.2) is 10.5 Å². The molecule has 0 bridgehead atoms. The van der Waals surface area contributed by atoms with E-state index in [0.717, 1.165) is 39.0 Å². The molecule has 0 aliphatic carbocycles. The number of aromatic nitrogens is 1. The first-order valence-corrected chi connectivity index (χ1v) is 10.2. The molecule has 0 aliphatic rings. The Balaban J connectivity index is 1.55. The molecule has 152 valence electrons. The van der Waals surface area contributed by atoms with E-state index in [4.69, 9.17) is 4.74 Å². The molecule has 0 saturated carbocycles. The summed E-state index contributed by atoms with van der Waals surface area (Å²) in [6.07, 6.45) is 1.95. The molecule has 4 nitrogen and oxygen atoms in total. The smallest absolute Gasteiger partial charge is 0.247 e. The third-order valence-electron chi connectivity index (χ3n) is 5.62. The maximum atomic E-state index is 13.0. The lowest BCUT2D eigenvalue weighted by Crippen LogP contribution is -2.23. The van der Waals surface area contributed by atoms with Crippen molar-refractivity contribution in [1.29, 1.82) is 0 Å². The van der Waals surface area contributed by atoms with Crippen LogP contribution in [0.5, 0.6) is 5.75 Å². The van der Waals surface area contributed by atoms with E-state index in [-0.39, 0.29) is 11.9 Å². The van der Waals surface area contributed by atoms with Crippen molar-refractivity contribution in [3.05, 3.63) is 95.7 Å². The molecule has 1 heterocycles. The number of benzene rings is 3. The normalized spacial score (nSPS) is 12.0. The number of rotatable bonds is 6. The van der Waals surface area contributed by atoms with Gasteiger partial charge in [0.15, 0.2) is 0 Å². The fourth-order valence-corrected chi connectivity index (χ4v) is 3.61. The maximum Gasteiger partial charge on any atom is 0.247 e. The molecule has 0 aliphatic heterocycles. The van der Waals surface area contributed by atoms with Crippen LogP contribution in [0.25, 0.3) is 10.9 Å². The Kier molecular flexibility index (Phi) is 5.57. The molecule has 4 aromatic rings. The lowest BCUT2D eigenvalue weighted by molar-refractivity contribution is -0.118. The van der Waals surface area contributed by atoms with Crippen molar-refractivity contribution in [2.24, 2.45) is 0 Å². The van der Waals surface area contributed by atoms with Gasteiger partial charge < -0.3 is 14.6 Å². The molecule has 0 saturated heterocycles. The largest absolute Gasteiger partial charge is 0.488 e. The van der Waals surface area contributed by atoms with E-state index in [9.17, 15) is 4.79 Å². The lowest BCUT2D eigenvalue weighted by Gasteiger charge is -2.17. The van der Waals surface area contributed by atoms with Gasteiger partial charge in [-0.1, -0.05) is 48.5 Å². The number of nitrogens with zero attached hydrogens (tertiary/aromatic N) is 1. The highest BCUT2D eigenvalue weighted by atomic mass is 16.5. The Bertz CT molecular complexity index is 1180. The van der Waals surface area contributed by atoms with Gasteiger partial charge in [-0.05, 0) is 61.7 Å². The molecule has 0 spiro atoms. The predicted molar refractivity (Wildman–Crippen MR) is 122 cm³/mol. The van der Waals surface area contributed by atoms with Gasteiger partial charge in [-0.15, -0.1) is 0 Å². The second kappa shape index (κ2) is 8.46. The summed E-state index contributed by atoms with van der Waals surface area (Å²) in [5, 5.41) is 4.07. The number of aryl methyl sites for hydroxylation is 1. The summed E-state index contributed by atoms with van der Waals surface area (Å²) in [6.45, 7) is 6.49. The summed E-state index contributed by atoms with van der Waals surface area (Å²) in [5.74, 6) is 0.772. The molecule has 1 unspecified atom stereocenters. The SMILES string of the molecule is Cc1cccc(NC(=O)C(C)n2ccc3c(OCc4ccccc4)cccc32)c1C. The number of amides is 1. The third-order valence-corrected chi connectivity index (χ3v) is 5.62.